The lowest BCUT2D eigenvalue weighted by molar-refractivity contribution is -0.432. The second-order valence-electron chi connectivity index (χ2n) is 6.40. The minimum absolute atomic E-state index is 0.167. The third-order valence-electron chi connectivity index (χ3n) is 4.70. The Bertz CT molecular complexity index is 444. The number of allylic oxidation sites excluding steroid dienone is 3. The van der Waals surface area contributed by atoms with Crippen LogP contribution in [0.25, 0.3) is 0 Å². The zero-order valence-electron chi connectivity index (χ0n) is 15.1. The van der Waals surface area contributed by atoms with Gasteiger partial charge in [0.2, 0.25) is 6.29 Å². The monoisotopic (exact) mass is 325 g/mol. The molecular formula is C18H31NO4. The summed E-state index contributed by atoms with van der Waals surface area (Å²) in [5.74, 6) is 1.16. The van der Waals surface area contributed by atoms with E-state index >= 15 is 0 Å². The van der Waals surface area contributed by atoms with Crippen molar-refractivity contribution >= 4 is 0 Å². The third kappa shape index (κ3) is 5.65. The number of nitro groups is 1. The van der Waals surface area contributed by atoms with Crippen molar-refractivity contribution in [1.29, 1.82) is 0 Å². The van der Waals surface area contributed by atoms with Crippen molar-refractivity contribution in [2.45, 2.75) is 66.6 Å². The molecule has 0 saturated carbocycles. The van der Waals surface area contributed by atoms with E-state index in [4.69, 9.17) is 9.47 Å². The van der Waals surface area contributed by atoms with Gasteiger partial charge in [-0.15, -0.1) is 0 Å². The van der Waals surface area contributed by atoms with Crippen molar-refractivity contribution < 1.29 is 14.4 Å². The molecule has 4 atom stereocenters. The molecule has 23 heavy (non-hydrogen) atoms. The molecule has 5 heteroatoms. The second kappa shape index (κ2) is 9.71. The van der Waals surface area contributed by atoms with Gasteiger partial charge in [-0.2, -0.15) is 0 Å². The van der Waals surface area contributed by atoms with Crippen LogP contribution in [0.1, 0.15) is 60.3 Å². The summed E-state index contributed by atoms with van der Waals surface area (Å²) >= 11 is 0. The maximum atomic E-state index is 11.4. The van der Waals surface area contributed by atoms with Crippen LogP contribution < -0.4 is 0 Å². The molecule has 0 heterocycles. The zero-order valence-corrected chi connectivity index (χ0v) is 15.1. The van der Waals surface area contributed by atoms with Crippen LogP contribution in [-0.2, 0) is 9.47 Å². The Morgan fingerprint density at radius 3 is 2.57 bits per heavy atom. The Labute approximate surface area is 139 Å². The number of hydrogen-bond acceptors (Lipinski definition) is 4. The molecule has 0 aromatic carbocycles. The number of rotatable bonds is 10. The Hall–Kier alpha value is -1.36. The van der Waals surface area contributed by atoms with Gasteiger partial charge in [0, 0.05) is 12.3 Å². The third-order valence-corrected chi connectivity index (χ3v) is 4.70. The molecule has 5 nitrogen and oxygen atoms in total. The van der Waals surface area contributed by atoms with Crippen LogP contribution in [0.3, 0.4) is 0 Å². The fraction of sp³-hybridized carbons (Fsp3) is 0.778. The van der Waals surface area contributed by atoms with Gasteiger partial charge in [0.05, 0.1) is 11.5 Å². The van der Waals surface area contributed by atoms with Gasteiger partial charge in [-0.3, -0.25) is 10.1 Å². The van der Waals surface area contributed by atoms with Crippen molar-refractivity contribution in [2.24, 2.45) is 17.8 Å². The molecular weight excluding hydrogens is 294 g/mol. The van der Waals surface area contributed by atoms with Gasteiger partial charge in [0.1, 0.15) is 0 Å². The van der Waals surface area contributed by atoms with E-state index in [1.54, 1.807) is 6.08 Å². The highest BCUT2D eigenvalue weighted by Gasteiger charge is 2.30. The zero-order chi connectivity index (χ0) is 17.4. The fourth-order valence-corrected chi connectivity index (χ4v) is 2.58. The first kappa shape index (κ1) is 19.7. The SMILES string of the molecule is CCCOC(OC1=C([N+](=O)[O-])CC(CC)C=C1)C(C)C(C)CC. The average Bonchev–Trinajstić information content (AvgIpc) is 2.56. The smallest absolute Gasteiger partial charge is 0.288 e. The average molecular weight is 325 g/mol. The Balaban J connectivity index is 2.95. The van der Waals surface area contributed by atoms with Crippen LogP contribution >= 0.6 is 0 Å². The van der Waals surface area contributed by atoms with Gasteiger partial charge in [0.25, 0.3) is 5.70 Å². The molecule has 0 spiro atoms. The minimum Gasteiger partial charge on any atom is -0.458 e. The molecule has 0 aromatic rings. The quantitative estimate of drug-likeness (QED) is 0.325. The normalized spacial score (nSPS) is 21.9. The van der Waals surface area contributed by atoms with Crippen LogP contribution in [0, 0.1) is 27.9 Å². The Kier molecular flexibility index (Phi) is 8.31. The van der Waals surface area contributed by atoms with Crippen molar-refractivity contribution in [3.63, 3.8) is 0 Å². The second-order valence-corrected chi connectivity index (χ2v) is 6.40. The molecule has 0 fully saturated rings. The predicted molar refractivity (Wildman–Crippen MR) is 91.3 cm³/mol. The van der Waals surface area contributed by atoms with Crippen LogP contribution in [0.5, 0.6) is 0 Å². The molecule has 0 saturated heterocycles. The lowest BCUT2D eigenvalue weighted by Gasteiger charge is -2.30. The summed E-state index contributed by atoms with van der Waals surface area (Å²) < 4.78 is 11.8. The van der Waals surface area contributed by atoms with E-state index in [-0.39, 0.29) is 22.5 Å². The van der Waals surface area contributed by atoms with Gasteiger partial charge >= 0.3 is 0 Å². The van der Waals surface area contributed by atoms with Crippen LogP contribution in [0.15, 0.2) is 23.6 Å². The first-order valence-electron chi connectivity index (χ1n) is 8.78. The topological polar surface area (TPSA) is 61.6 Å². The molecule has 1 aliphatic rings. The molecule has 0 bridgehead atoms. The van der Waals surface area contributed by atoms with Crippen molar-refractivity contribution in [2.75, 3.05) is 6.61 Å². The van der Waals surface area contributed by atoms with Crippen molar-refractivity contribution in [1.82, 2.24) is 0 Å². The van der Waals surface area contributed by atoms with Gasteiger partial charge in [-0.05, 0) is 30.8 Å². The van der Waals surface area contributed by atoms with Crippen LogP contribution in [0.2, 0.25) is 0 Å². The summed E-state index contributed by atoms with van der Waals surface area (Å²) in [7, 11) is 0. The molecule has 0 N–H and O–H groups in total. The van der Waals surface area contributed by atoms with Crippen LogP contribution in [0.4, 0.5) is 0 Å². The maximum Gasteiger partial charge on any atom is 0.288 e. The predicted octanol–water partition coefficient (Wildman–Crippen LogP) is 4.91. The first-order valence-corrected chi connectivity index (χ1v) is 8.78. The summed E-state index contributed by atoms with van der Waals surface area (Å²) in [5.41, 5.74) is 0.167. The summed E-state index contributed by atoms with van der Waals surface area (Å²) in [5, 5.41) is 11.4. The van der Waals surface area contributed by atoms with E-state index in [1.807, 2.05) is 19.9 Å². The molecule has 0 aromatic heterocycles. The van der Waals surface area contributed by atoms with E-state index in [9.17, 15) is 10.1 Å². The van der Waals surface area contributed by atoms with E-state index in [1.165, 1.54) is 0 Å². The number of hydrogen-bond donors (Lipinski definition) is 0. The molecule has 0 amide bonds. The highest BCUT2D eigenvalue weighted by atomic mass is 16.7. The summed E-state index contributed by atoms with van der Waals surface area (Å²) in [6.07, 6.45) is 6.54. The standard InChI is InChI=1S/C18H31NO4/c1-6-11-22-18(14(5)13(4)7-2)23-17-10-9-15(8-3)12-16(17)19(20)21/h9-10,13-15,18H,6-8,11-12H2,1-5H3. The van der Waals surface area contributed by atoms with Crippen molar-refractivity contribution in [3.8, 4) is 0 Å². The first-order chi connectivity index (χ1) is 10.9. The lowest BCUT2D eigenvalue weighted by atomic mass is 9.92. The lowest BCUT2D eigenvalue weighted by Crippen LogP contribution is -2.30. The largest absolute Gasteiger partial charge is 0.458 e. The summed E-state index contributed by atoms with van der Waals surface area (Å²) in [4.78, 5) is 11.1. The highest BCUT2D eigenvalue weighted by Crippen LogP contribution is 2.30. The van der Waals surface area contributed by atoms with Crippen molar-refractivity contribution in [3.05, 3.63) is 33.7 Å². The summed E-state index contributed by atoms with van der Waals surface area (Å²) in [6.45, 7) is 11.0. The Morgan fingerprint density at radius 1 is 1.35 bits per heavy atom. The van der Waals surface area contributed by atoms with Gasteiger partial charge in [-0.1, -0.05) is 47.1 Å². The molecule has 132 valence electrons. The van der Waals surface area contributed by atoms with Crippen LogP contribution in [-0.4, -0.2) is 17.8 Å². The molecule has 0 aliphatic heterocycles. The molecule has 1 aliphatic carbocycles. The fourth-order valence-electron chi connectivity index (χ4n) is 2.58. The summed E-state index contributed by atoms with van der Waals surface area (Å²) in [6, 6.07) is 0. The Morgan fingerprint density at radius 2 is 2.04 bits per heavy atom. The highest BCUT2D eigenvalue weighted by molar-refractivity contribution is 5.22. The van der Waals surface area contributed by atoms with Gasteiger partial charge < -0.3 is 9.47 Å². The molecule has 0 radical (unpaired) electrons. The van der Waals surface area contributed by atoms with Gasteiger partial charge in [0.15, 0.2) is 5.76 Å². The van der Waals surface area contributed by atoms with E-state index in [0.717, 1.165) is 19.3 Å². The maximum absolute atomic E-state index is 11.4. The van der Waals surface area contributed by atoms with Gasteiger partial charge in [-0.25, -0.2) is 0 Å². The van der Waals surface area contributed by atoms with E-state index in [0.29, 0.717) is 24.7 Å². The van der Waals surface area contributed by atoms with E-state index in [2.05, 4.69) is 20.8 Å². The number of nitrogens with zero attached hydrogens (tertiary/aromatic N) is 1. The number of ether oxygens (including phenoxy) is 2. The minimum atomic E-state index is -0.447. The molecule has 4 unspecified atom stereocenters. The molecule has 1 rings (SSSR count). The van der Waals surface area contributed by atoms with E-state index < -0.39 is 6.29 Å².